The van der Waals surface area contributed by atoms with Gasteiger partial charge >= 0.3 is 5.69 Å². The highest BCUT2D eigenvalue weighted by Crippen LogP contribution is 2.29. The molecule has 126 valence electrons. The van der Waals surface area contributed by atoms with Crippen LogP contribution in [-0.2, 0) is 11.2 Å². The van der Waals surface area contributed by atoms with Gasteiger partial charge in [0.2, 0.25) is 5.91 Å². The van der Waals surface area contributed by atoms with Gasteiger partial charge in [-0.1, -0.05) is 34.8 Å². The smallest absolute Gasteiger partial charge is 0.273 e. The number of hydrogen-bond acceptors (Lipinski definition) is 5. The van der Waals surface area contributed by atoms with Crippen molar-refractivity contribution in [3.8, 4) is 0 Å². The van der Waals surface area contributed by atoms with E-state index in [9.17, 15) is 14.4 Å². The summed E-state index contributed by atoms with van der Waals surface area (Å²) in [6.45, 7) is 0. The molecule has 11 heteroatoms. The molecule has 2 aromatic rings. The predicted molar refractivity (Wildman–Crippen MR) is 91.0 cm³/mol. The van der Waals surface area contributed by atoms with E-state index in [1.807, 2.05) is 4.98 Å². The minimum atomic E-state index is -0.715. The molecule has 0 fully saturated rings. The molecule has 1 heterocycles. The van der Waals surface area contributed by atoms with Crippen molar-refractivity contribution in [1.29, 1.82) is 0 Å². The molecule has 0 bridgehead atoms. The van der Waals surface area contributed by atoms with Crippen molar-refractivity contribution >= 4 is 46.9 Å². The molecular weight excluding hydrogens is 381 g/mol. The summed E-state index contributed by atoms with van der Waals surface area (Å²) in [5.74, 6) is -0.465. The van der Waals surface area contributed by atoms with E-state index in [0.717, 1.165) is 0 Å². The standard InChI is InChI=1S/C13H10Cl3N5O3/c14-7-1-2-8(15)11(16)6(7)5-17-20-10(22)4-3-9-12(23)18-13(24)21-19-9/h1-2,5H,3-4H2,(H,20,22)(H2,18,21,23,24)/b17-5-. The lowest BCUT2D eigenvalue weighted by atomic mass is 10.2. The normalized spacial score (nSPS) is 11.0. The first-order chi connectivity index (χ1) is 11.4. The molecule has 0 aliphatic rings. The molecule has 0 aliphatic carbocycles. The Labute approximate surface area is 149 Å². The van der Waals surface area contributed by atoms with Gasteiger partial charge in [0.1, 0.15) is 5.69 Å². The first-order valence-corrected chi connectivity index (χ1v) is 7.65. The maximum absolute atomic E-state index is 11.7. The lowest BCUT2D eigenvalue weighted by Crippen LogP contribution is -2.28. The Kier molecular flexibility index (Phi) is 6.13. The van der Waals surface area contributed by atoms with Crippen LogP contribution in [0.3, 0.4) is 0 Å². The Balaban J connectivity index is 1.95. The molecule has 1 amide bonds. The highest BCUT2D eigenvalue weighted by Gasteiger charge is 2.09. The van der Waals surface area contributed by atoms with E-state index < -0.39 is 17.2 Å². The number of H-pyrrole nitrogens is 2. The number of rotatable bonds is 5. The van der Waals surface area contributed by atoms with Crippen molar-refractivity contribution in [2.75, 3.05) is 0 Å². The Hall–Kier alpha value is -2.16. The lowest BCUT2D eigenvalue weighted by Gasteiger charge is -2.03. The van der Waals surface area contributed by atoms with E-state index >= 15 is 0 Å². The molecule has 1 aromatic heterocycles. The van der Waals surface area contributed by atoms with Crippen LogP contribution in [0.15, 0.2) is 26.8 Å². The maximum Gasteiger partial charge on any atom is 0.342 e. The first kappa shape index (κ1) is 18.2. The monoisotopic (exact) mass is 389 g/mol. The van der Waals surface area contributed by atoms with Gasteiger partial charge in [-0.15, -0.1) is 0 Å². The zero-order valence-electron chi connectivity index (χ0n) is 11.9. The third kappa shape index (κ3) is 4.67. The van der Waals surface area contributed by atoms with Crippen molar-refractivity contribution in [1.82, 2.24) is 20.6 Å². The van der Waals surface area contributed by atoms with Gasteiger partial charge < -0.3 is 0 Å². The summed E-state index contributed by atoms with van der Waals surface area (Å²) in [5, 5.41) is 10.2. The fraction of sp³-hybridized carbons (Fsp3) is 0.154. The van der Waals surface area contributed by atoms with E-state index in [1.165, 1.54) is 12.3 Å². The van der Waals surface area contributed by atoms with Crippen LogP contribution in [0, 0.1) is 0 Å². The summed E-state index contributed by atoms with van der Waals surface area (Å²) in [4.78, 5) is 36.0. The summed E-state index contributed by atoms with van der Waals surface area (Å²) < 4.78 is 0. The third-order valence-corrected chi connectivity index (χ3v) is 3.98. The van der Waals surface area contributed by atoms with Crippen LogP contribution >= 0.6 is 34.8 Å². The van der Waals surface area contributed by atoms with Crippen molar-refractivity contribution in [3.05, 3.63) is 59.3 Å². The quantitative estimate of drug-likeness (QED) is 0.407. The number of hydrogen-bond donors (Lipinski definition) is 3. The van der Waals surface area contributed by atoms with Gasteiger partial charge in [-0.05, 0) is 12.1 Å². The largest absolute Gasteiger partial charge is 0.342 e. The molecule has 0 atom stereocenters. The highest BCUT2D eigenvalue weighted by atomic mass is 35.5. The van der Waals surface area contributed by atoms with Gasteiger partial charge in [0, 0.05) is 18.4 Å². The summed E-state index contributed by atoms with van der Waals surface area (Å²) in [7, 11) is 0. The topological polar surface area (TPSA) is 120 Å². The van der Waals surface area contributed by atoms with E-state index in [4.69, 9.17) is 34.8 Å². The fourth-order valence-electron chi connectivity index (χ4n) is 1.66. The molecule has 0 radical (unpaired) electrons. The van der Waals surface area contributed by atoms with Gasteiger partial charge in [-0.3, -0.25) is 14.6 Å². The summed E-state index contributed by atoms with van der Waals surface area (Å²) in [6, 6.07) is 3.09. The molecule has 24 heavy (non-hydrogen) atoms. The summed E-state index contributed by atoms with van der Waals surface area (Å²) >= 11 is 17.8. The zero-order chi connectivity index (χ0) is 17.7. The van der Waals surface area contributed by atoms with Gasteiger partial charge in [-0.25, -0.2) is 15.3 Å². The molecule has 0 saturated carbocycles. The van der Waals surface area contributed by atoms with E-state index in [2.05, 4.69) is 20.7 Å². The van der Waals surface area contributed by atoms with Crippen LogP contribution in [0.1, 0.15) is 17.7 Å². The minimum Gasteiger partial charge on any atom is -0.273 e. The third-order valence-electron chi connectivity index (χ3n) is 2.83. The first-order valence-electron chi connectivity index (χ1n) is 6.51. The molecule has 0 aliphatic heterocycles. The van der Waals surface area contributed by atoms with Crippen LogP contribution in [0.2, 0.25) is 15.1 Å². The van der Waals surface area contributed by atoms with Crippen molar-refractivity contribution < 1.29 is 4.79 Å². The second-order valence-corrected chi connectivity index (χ2v) is 5.70. The van der Waals surface area contributed by atoms with Crippen molar-refractivity contribution in [3.63, 3.8) is 0 Å². The average molecular weight is 391 g/mol. The number of nitrogens with one attached hydrogen (secondary N) is 3. The second-order valence-electron chi connectivity index (χ2n) is 4.50. The molecule has 3 N–H and O–H groups in total. The number of amides is 1. The minimum absolute atomic E-state index is 0.0339. The van der Waals surface area contributed by atoms with Crippen LogP contribution in [0.4, 0.5) is 0 Å². The number of aromatic nitrogens is 3. The zero-order valence-corrected chi connectivity index (χ0v) is 14.2. The molecule has 1 aromatic carbocycles. The van der Waals surface area contributed by atoms with Crippen LogP contribution in [0.5, 0.6) is 0 Å². The number of carbonyl (C=O) groups is 1. The Bertz CT molecular complexity index is 906. The van der Waals surface area contributed by atoms with Crippen molar-refractivity contribution in [2.45, 2.75) is 12.8 Å². The van der Waals surface area contributed by atoms with Gasteiger partial charge in [0.15, 0.2) is 0 Å². The molecule has 8 nitrogen and oxygen atoms in total. The van der Waals surface area contributed by atoms with E-state index in [0.29, 0.717) is 15.6 Å². The SMILES string of the molecule is O=C(CCc1n[nH]c(=O)[nH]c1=O)N/N=C\c1c(Cl)ccc(Cl)c1Cl. The molecule has 0 unspecified atom stereocenters. The molecule has 2 rings (SSSR count). The lowest BCUT2D eigenvalue weighted by molar-refractivity contribution is -0.121. The summed E-state index contributed by atoms with van der Waals surface area (Å²) in [5.41, 5.74) is 1.31. The van der Waals surface area contributed by atoms with E-state index in [-0.39, 0.29) is 23.6 Å². The average Bonchev–Trinajstić information content (AvgIpc) is 2.53. The Morgan fingerprint density at radius 2 is 1.96 bits per heavy atom. The highest BCUT2D eigenvalue weighted by molar-refractivity contribution is 6.45. The van der Waals surface area contributed by atoms with Gasteiger partial charge in [0.25, 0.3) is 5.56 Å². The van der Waals surface area contributed by atoms with Crippen LogP contribution in [0.25, 0.3) is 0 Å². The number of carbonyl (C=O) groups excluding carboxylic acids is 1. The predicted octanol–water partition coefficient (Wildman–Crippen LogP) is 1.50. The Morgan fingerprint density at radius 3 is 2.67 bits per heavy atom. The second kappa shape index (κ2) is 8.09. The van der Waals surface area contributed by atoms with Gasteiger partial charge in [-0.2, -0.15) is 10.2 Å². The number of hydrazone groups is 1. The number of nitrogens with zero attached hydrogens (tertiary/aromatic N) is 2. The molecule has 0 spiro atoms. The van der Waals surface area contributed by atoms with E-state index in [1.54, 1.807) is 6.07 Å². The Morgan fingerprint density at radius 1 is 1.25 bits per heavy atom. The van der Waals surface area contributed by atoms with Crippen LogP contribution in [-0.4, -0.2) is 27.3 Å². The molecule has 0 saturated heterocycles. The van der Waals surface area contributed by atoms with Gasteiger partial charge in [0.05, 0.1) is 21.3 Å². The summed E-state index contributed by atoms with van der Waals surface area (Å²) in [6.07, 6.45) is 1.24. The van der Waals surface area contributed by atoms with Crippen LogP contribution < -0.4 is 16.7 Å². The number of halogens is 3. The van der Waals surface area contributed by atoms with Crippen molar-refractivity contribution in [2.24, 2.45) is 5.10 Å². The molecular formula is C13H10Cl3N5O3. The fourth-order valence-corrected chi connectivity index (χ4v) is 2.29. The maximum atomic E-state index is 11.7. The number of aryl methyl sites for hydroxylation is 1. The number of benzene rings is 1. The number of aromatic amines is 2.